The van der Waals surface area contributed by atoms with Crippen molar-refractivity contribution in [3.8, 4) is 0 Å². The molecule has 0 saturated heterocycles. The molecule has 0 aromatic heterocycles. The van der Waals surface area contributed by atoms with Crippen molar-refractivity contribution in [2.45, 2.75) is 18.7 Å². The predicted molar refractivity (Wildman–Crippen MR) is 78.2 cm³/mol. The molecule has 0 saturated carbocycles. The van der Waals surface area contributed by atoms with Gasteiger partial charge in [0.2, 0.25) is 20.0 Å². The summed E-state index contributed by atoms with van der Waals surface area (Å²) in [6.45, 7) is 2.99. The fourth-order valence-corrected chi connectivity index (χ4v) is 3.76. The molecule has 0 aliphatic rings. The normalized spacial score (nSPS) is 12.5. The lowest BCUT2D eigenvalue weighted by Crippen LogP contribution is -2.34. The third kappa shape index (κ3) is 4.92. The summed E-state index contributed by atoms with van der Waals surface area (Å²) in [5.41, 5.74) is 6.11. The zero-order chi connectivity index (χ0) is 16.3. The minimum absolute atomic E-state index is 0.136. The largest absolute Gasteiger partial charge is 0.398 e. The van der Waals surface area contributed by atoms with E-state index in [1.54, 1.807) is 13.8 Å². The summed E-state index contributed by atoms with van der Waals surface area (Å²) >= 11 is 0. The predicted octanol–water partition coefficient (Wildman–Crippen LogP) is -0.0661. The topological polar surface area (TPSA) is 118 Å². The maximum absolute atomic E-state index is 13.7. The van der Waals surface area contributed by atoms with Gasteiger partial charge in [0, 0.05) is 18.8 Å². The van der Waals surface area contributed by atoms with Crippen LogP contribution in [0.3, 0.4) is 0 Å². The van der Waals surface area contributed by atoms with Crippen LogP contribution in [-0.4, -0.2) is 35.7 Å². The summed E-state index contributed by atoms with van der Waals surface area (Å²) in [4.78, 5) is -0.605. The van der Waals surface area contributed by atoms with Crippen molar-refractivity contribution in [2.75, 3.05) is 24.6 Å². The molecule has 120 valence electrons. The number of aryl methyl sites for hydroxylation is 1. The summed E-state index contributed by atoms with van der Waals surface area (Å²) < 4.78 is 64.6. The van der Waals surface area contributed by atoms with Crippen LogP contribution in [0.2, 0.25) is 0 Å². The number of nitrogens with two attached hydrogens (primary N) is 1. The molecule has 1 aromatic rings. The van der Waals surface area contributed by atoms with Crippen molar-refractivity contribution in [3.05, 3.63) is 23.5 Å². The van der Waals surface area contributed by atoms with Crippen LogP contribution in [0.25, 0.3) is 0 Å². The second-order valence-electron chi connectivity index (χ2n) is 4.35. The van der Waals surface area contributed by atoms with E-state index in [4.69, 9.17) is 5.73 Å². The molecule has 10 heteroatoms. The van der Waals surface area contributed by atoms with Crippen LogP contribution in [0.15, 0.2) is 17.0 Å². The standard InChI is InChI=1S/C11H18FN3O4S2/c1-3-14-20(16,17)5-4-15-21(18,19)11-7-10(13)8(2)6-9(11)12/h6-7,14-15H,3-5,13H2,1-2H3. The number of anilines is 1. The summed E-state index contributed by atoms with van der Waals surface area (Å²) in [5.74, 6) is -1.38. The van der Waals surface area contributed by atoms with Gasteiger partial charge in [0.05, 0.1) is 5.75 Å². The second-order valence-corrected chi connectivity index (χ2v) is 8.02. The van der Waals surface area contributed by atoms with Crippen LogP contribution >= 0.6 is 0 Å². The van der Waals surface area contributed by atoms with Gasteiger partial charge in [-0.2, -0.15) is 0 Å². The van der Waals surface area contributed by atoms with Crippen molar-refractivity contribution < 1.29 is 21.2 Å². The molecule has 0 spiro atoms. The number of nitrogen functional groups attached to an aromatic ring is 1. The van der Waals surface area contributed by atoms with Crippen LogP contribution in [-0.2, 0) is 20.0 Å². The van der Waals surface area contributed by atoms with Crippen molar-refractivity contribution in [2.24, 2.45) is 0 Å². The first kappa shape index (κ1) is 17.8. The van der Waals surface area contributed by atoms with E-state index in [0.717, 1.165) is 12.1 Å². The van der Waals surface area contributed by atoms with Gasteiger partial charge in [-0.15, -0.1) is 0 Å². The molecular formula is C11H18FN3O4S2. The highest BCUT2D eigenvalue weighted by Gasteiger charge is 2.21. The zero-order valence-corrected chi connectivity index (χ0v) is 13.3. The lowest BCUT2D eigenvalue weighted by atomic mass is 10.2. The molecule has 0 amide bonds. The van der Waals surface area contributed by atoms with Gasteiger partial charge in [0.15, 0.2) is 0 Å². The molecule has 0 fully saturated rings. The Bertz CT molecular complexity index is 717. The lowest BCUT2D eigenvalue weighted by Gasteiger charge is -2.10. The molecule has 0 aliphatic carbocycles. The molecule has 0 unspecified atom stereocenters. The van der Waals surface area contributed by atoms with E-state index in [9.17, 15) is 21.2 Å². The summed E-state index contributed by atoms with van der Waals surface area (Å²) in [5, 5.41) is 0. The third-order valence-corrected chi connectivity index (χ3v) is 5.58. The maximum Gasteiger partial charge on any atom is 0.243 e. The third-order valence-electron chi connectivity index (χ3n) is 2.64. The number of halogens is 1. The van der Waals surface area contributed by atoms with Crippen LogP contribution < -0.4 is 15.2 Å². The smallest absolute Gasteiger partial charge is 0.243 e. The van der Waals surface area contributed by atoms with Crippen LogP contribution in [0.4, 0.5) is 10.1 Å². The fraction of sp³-hybridized carbons (Fsp3) is 0.455. The number of rotatable bonds is 7. The molecule has 0 atom stereocenters. The molecule has 7 nitrogen and oxygen atoms in total. The van der Waals surface area contributed by atoms with Gasteiger partial charge in [-0.25, -0.2) is 30.7 Å². The summed E-state index contributed by atoms with van der Waals surface area (Å²) in [7, 11) is -7.72. The first-order valence-corrected chi connectivity index (χ1v) is 9.25. The number of nitrogens with one attached hydrogen (secondary N) is 2. The minimum atomic E-state index is -4.16. The number of benzene rings is 1. The second kappa shape index (κ2) is 6.69. The summed E-state index contributed by atoms with van der Waals surface area (Å²) in [6, 6.07) is 2.02. The van der Waals surface area contributed by atoms with E-state index in [1.165, 1.54) is 0 Å². The van der Waals surface area contributed by atoms with E-state index < -0.39 is 36.5 Å². The molecule has 21 heavy (non-hydrogen) atoms. The van der Waals surface area contributed by atoms with Crippen molar-refractivity contribution in [1.82, 2.24) is 9.44 Å². The summed E-state index contributed by atoms with van der Waals surface area (Å²) in [6.07, 6.45) is 0. The first-order chi connectivity index (χ1) is 9.59. The molecule has 4 N–H and O–H groups in total. The van der Waals surface area contributed by atoms with E-state index in [1.807, 2.05) is 4.72 Å². The average molecular weight is 339 g/mol. The Morgan fingerprint density at radius 1 is 1.19 bits per heavy atom. The molecular weight excluding hydrogens is 321 g/mol. The Hall–Kier alpha value is -1.23. The highest BCUT2D eigenvalue weighted by molar-refractivity contribution is 7.90. The number of sulfonamides is 2. The molecule has 1 aromatic carbocycles. The van der Waals surface area contributed by atoms with Gasteiger partial charge in [-0.3, -0.25) is 0 Å². The van der Waals surface area contributed by atoms with E-state index in [2.05, 4.69) is 4.72 Å². The average Bonchev–Trinajstić information content (AvgIpc) is 2.32. The number of hydrogen-bond acceptors (Lipinski definition) is 5. The van der Waals surface area contributed by atoms with Gasteiger partial charge in [-0.1, -0.05) is 6.92 Å². The van der Waals surface area contributed by atoms with Crippen molar-refractivity contribution in [3.63, 3.8) is 0 Å². The van der Waals surface area contributed by atoms with Crippen LogP contribution in [0, 0.1) is 12.7 Å². The first-order valence-electron chi connectivity index (χ1n) is 6.11. The van der Waals surface area contributed by atoms with Gasteiger partial charge in [0.1, 0.15) is 10.7 Å². The molecule has 0 bridgehead atoms. The lowest BCUT2D eigenvalue weighted by molar-refractivity contribution is 0.557. The highest BCUT2D eigenvalue weighted by atomic mass is 32.2. The zero-order valence-electron chi connectivity index (χ0n) is 11.7. The van der Waals surface area contributed by atoms with Crippen molar-refractivity contribution in [1.29, 1.82) is 0 Å². The highest BCUT2D eigenvalue weighted by Crippen LogP contribution is 2.21. The van der Waals surface area contributed by atoms with Gasteiger partial charge < -0.3 is 5.73 Å². The van der Waals surface area contributed by atoms with Gasteiger partial charge in [0.25, 0.3) is 0 Å². The monoisotopic (exact) mass is 339 g/mol. The van der Waals surface area contributed by atoms with E-state index in [-0.39, 0.29) is 18.8 Å². The van der Waals surface area contributed by atoms with E-state index >= 15 is 0 Å². The Labute approximate surface area is 123 Å². The fourth-order valence-electron chi connectivity index (χ4n) is 1.55. The molecule has 0 radical (unpaired) electrons. The Morgan fingerprint density at radius 2 is 1.81 bits per heavy atom. The van der Waals surface area contributed by atoms with Gasteiger partial charge >= 0.3 is 0 Å². The Kier molecular flexibility index (Phi) is 5.68. The molecule has 0 heterocycles. The maximum atomic E-state index is 13.7. The van der Waals surface area contributed by atoms with E-state index in [0.29, 0.717) is 5.56 Å². The minimum Gasteiger partial charge on any atom is -0.398 e. The SMILES string of the molecule is CCNS(=O)(=O)CCNS(=O)(=O)c1cc(N)c(C)cc1F. The van der Waals surface area contributed by atoms with Crippen LogP contribution in [0.5, 0.6) is 0 Å². The van der Waals surface area contributed by atoms with Crippen LogP contribution in [0.1, 0.15) is 12.5 Å². The molecule has 1 rings (SSSR count). The Morgan fingerprint density at radius 3 is 2.38 bits per heavy atom. The quantitative estimate of drug-likeness (QED) is 0.601. The Balaban J connectivity index is 2.86. The number of hydrogen-bond donors (Lipinski definition) is 3. The van der Waals surface area contributed by atoms with Crippen molar-refractivity contribution >= 4 is 25.7 Å². The van der Waals surface area contributed by atoms with Gasteiger partial charge in [-0.05, 0) is 24.6 Å². The molecule has 0 aliphatic heterocycles.